The molecule has 0 spiro atoms. The molecular weight excluding hydrogens is 313 g/mol. The highest BCUT2D eigenvalue weighted by atomic mass is 19.1. The van der Waals surface area contributed by atoms with Crippen LogP contribution in [0.4, 0.5) is 10.2 Å². The standard InChI is InChI=1S/C21H22FN3/c1-15-19(16-5-7-18(22)8-6-16)20(17-9-11-23-12-10-17)21(24(15)2)25-13-3-4-14-25/h5-12H,3-4,13-14H2,1-2H3. The topological polar surface area (TPSA) is 21.1 Å². The molecule has 4 rings (SSSR count). The first-order chi connectivity index (χ1) is 12.2. The Labute approximate surface area is 147 Å². The molecule has 1 aliphatic rings. The van der Waals surface area contributed by atoms with Crippen molar-refractivity contribution < 1.29 is 4.39 Å². The highest BCUT2D eigenvalue weighted by Crippen LogP contribution is 2.44. The number of halogens is 1. The van der Waals surface area contributed by atoms with E-state index in [0.29, 0.717) is 0 Å². The molecule has 3 aromatic rings. The van der Waals surface area contributed by atoms with E-state index in [-0.39, 0.29) is 5.82 Å². The van der Waals surface area contributed by atoms with E-state index in [1.807, 2.05) is 24.5 Å². The molecule has 0 atom stereocenters. The van der Waals surface area contributed by atoms with Crippen molar-refractivity contribution in [1.29, 1.82) is 0 Å². The van der Waals surface area contributed by atoms with Crippen LogP contribution in [0.1, 0.15) is 18.5 Å². The van der Waals surface area contributed by atoms with Crippen molar-refractivity contribution in [3.05, 3.63) is 60.3 Å². The fourth-order valence-electron chi connectivity index (χ4n) is 3.85. The van der Waals surface area contributed by atoms with Gasteiger partial charge in [-0.3, -0.25) is 4.98 Å². The smallest absolute Gasteiger partial charge is 0.123 e. The van der Waals surface area contributed by atoms with Gasteiger partial charge in [-0.25, -0.2) is 4.39 Å². The normalized spacial score (nSPS) is 14.3. The molecule has 1 saturated heterocycles. The third-order valence-corrected chi connectivity index (χ3v) is 5.16. The molecule has 4 heteroatoms. The molecule has 128 valence electrons. The molecule has 0 amide bonds. The second-order valence-corrected chi connectivity index (χ2v) is 6.65. The predicted octanol–water partition coefficient (Wildman–Crippen LogP) is 4.80. The van der Waals surface area contributed by atoms with Gasteiger partial charge in [0.2, 0.25) is 0 Å². The lowest BCUT2D eigenvalue weighted by atomic mass is 9.96. The zero-order valence-corrected chi connectivity index (χ0v) is 14.7. The maximum atomic E-state index is 13.4. The molecule has 0 N–H and O–H groups in total. The van der Waals surface area contributed by atoms with Crippen molar-refractivity contribution >= 4 is 5.82 Å². The Bertz CT molecular complexity index is 876. The maximum Gasteiger partial charge on any atom is 0.123 e. The maximum absolute atomic E-state index is 13.4. The molecule has 0 saturated carbocycles. The summed E-state index contributed by atoms with van der Waals surface area (Å²) >= 11 is 0. The number of pyridine rings is 1. The zero-order valence-electron chi connectivity index (χ0n) is 14.7. The molecular formula is C21H22FN3. The Balaban J connectivity index is 1.99. The van der Waals surface area contributed by atoms with Crippen LogP contribution in [-0.4, -0.2) is 22.6 Å². The van der Waals surface area contributed by atoms with Crippen molar-refractivity contribution in [2.24, 2.45) is 7.05 Å². The van der Waals surface area contributed by atoms with E-state index in [4.69, 9.17) is 0 Å². The highest BCUT2D eigenvalue weighted by Gasteiger charge is 2.26. The molecule has 3 heterocycles. The summed E-state index contributed by atoms with van der Waals surface area (Å²) in [7, 11) is 2.13. The minimum absolute atomic E-state index is 0.206. The summed E-state index contributed by atoms with van der Waals surface area (Å²) in [5.41, 5.74) is 5.79. The number of nitrogens with zero attached hydrogens (tertiary/aromatic N) is 3. The molecule has 0 radical (unpaired) electrons. The average molecular weight is 335 g/mol. The summed E-state index contributed by atoms with van der Waals surface area (Å²) < 4.78 is 15.7. The fourth-order valence-corrected chi connectivity index (χ4v) is 3.85. The lowest BCUT2D eigenvalue weighted by molar-refractivity contribution is 0.628. The number of hydrogen-bond acceptors (Lipinski definition) is 2. The van der Waals surface area contributed by atoms with Crippen LogP contribution >= 0.6 is 0 Å². The van der Waals surface area contributed by atoms with Gasteiger partial charge in [-0.05, 0) is 55.2 Å². The van der Waals surface area contributed by atoms with E-state index in [1.54, 1.807) is 0 Å². The molecule has 1 fully saturated rings. The Morgan fingerprint density at radius 3 is 2.12 bits per heavy atom. The van der Waals surface area contributed by atoms with Gasteiger partial charge in [-0.2, -0.15) is 0 Å². The van der Waals surface area contributed by atoms with Crippen LogP contribution in [-0.2, 0) is 7.05 Å². The van der Waals surface area contributed by atoms with Gasteiger partial charge in [-0.15, -0.1) is 0 Å². The Hall–Kier alpha value is -2.62. The van der Waals surface area contributed by atoms with Crippen LogP contribution in [0.2, 0.25) is 0 Å². The summed E-state index contributed by atoms with van der Waals surface area (Å²) in [5.74, 6) is 1.04. The van der Waals surface area contributed by atoms with Crippen LogP contribution in [0.5, 0.6) is 0 Å². The van der Waals surface area contributed by atoms with Gasteiger partial charge in [0, 0.05) is 49.4 Å². The van der Waals surface area contributed by atoms with Gasteiger partial charge in [-0.1, -0.05) is 12.1 Å². The Morgan fingerprint density at radius 2 is 1.48 bits per heavy atom. The summed E-state index contributed by atoms with van der Waals surface area (Å²) in [4.78, 5) is 6.64. The van der Waals surface area contributed by atoms with Crippen molar-refractivity contribution in [3.63, 3.8) is 0 Å². The lowest BCUT2D eigenvalue weighted by Gasteiger charge is -2.21. The minimum Gasteiger partial charge on any atom is -0.357 e. The molecule has 0 bridgehead atoms. The second-order valence-electron chi connectivity index (χ2n) is 6.65. The van der Waals surface area contributed by atoms with E-state index in [9.17, 15) is 4.39 Å². The monoisotopic (exact) mass is 335 g/mol. The number of rotatable bonds is 3. The number of anilines is 1. The van der Waals surface area contributed by atoms with Crippen LogP contribution in [0.25, 0.3) is 22.3 Å². The molecule has 25 heavy (non-hydrogen) atoms. The molecule has 2 aromatic heterocycles. The summed E-state index contributed by atoms with van der Waals surface area (Å²) in [6, 6.07) is 10.9. The summed E-state index contributed by atoms with van der Waals surface area (Å²) in [6.07, 6.45) is 6.12. The van der Waals surface area contributed by atoms with E-state index >= 15 is 0 Å². The Kier molecular flexibility index (Phi) is 4.04. The Morgan fingerprint density at radius 1 is 0.880 bits per heavy atom. The first-order valence-electron chi connectivity index (χ1n) is 8.77. The predicted molar refractivity (Wildman–Crippen MR) is 100 cm³/mol. The summed E-state index contributed by atoms with van der Waals surface area (Å²) in [6.45, 7) is 4.30. The van der Waals surface area contributed by atoms with Gasteiger partial charge in [0.05, 0.1) is 0 Å². The molecule has 1 aliphatic heterocycles. The van der Waals surface area contributed by atoms with Gasteiger partial charge < -0.3 is 9.47 Å². The second kappa shape index (κ2) is 6.36. The third-order valence-electron chi connectivity index (χ3n) is 5.16. The van der Waals surface area contributed by atoms with Crippen LogP contribution in [0.3, 0.4) is 0 Å². The number of benzene rings is 1. The molecule has 0 aliphatic carbocycles. The highest BCUT2D eigenvalue weighted by molar-refractivity contribution is 5.93. The SMILES string of the molecule is Cc1c(-c2ccc(F)cc2)c(-c2ccncc2)c(N2CCCC2)n1C. The molecule has 0 unspecified atom stereocenters. The zero-order chi connectivity index (χ0) is 17.4. The van der Waals surface area contributed by atoms with Crippen LogP contribution < -0.4 is 4.90 Å². The van der Waals surface area contributed by atoms with Crippen molar-refractivity contribution in [2.45, 2.75) is 19.8 Å². The lowest BCUT2D eigenvalue weighted by Crippen LogP contribution is -2.21. The average Bonchev–Trinajstić information content (AvgIpc) is 3.24. The van der Waals surface area contributed by atoms with Gasteiger partial charge in [0.15, 0.2) is 0 Å². The first-order valence-corrected chi connectivity index (χ1v) is 8.77. The van der Waals surface area contributed by atoms with Gasteiger partial charge >= 0.3 is 0 Å². The van der Waals surface area contributed by atoms with Crippen LogP contribution in [0.15, 0.2) is 48.8 Å². The van der Waals surface area contributed by atoms with Crippen molar-refractivity contribution in [3.8, 4) is 22.3 Å². The number of hydrogen-bond donors (Lipinski definition) is 0. The third kappa shape index (κ3) is 2.72. The van der Waals surface area contributed by atoms with Gasteiger partial charge in [0.25, 0.3) is 0 Å². The number of aromatic nitrogens is 2. The van der Waals surface area contributed by atoms with Gasteiger partial charge in [0.1, 0.15) is 11.6 Å². The summed E-state index contributed by atoms with van der Waals surface area (Å²) in [5, 5.41) is 0. The van der Waals surface area contributed by atoms with E-state index in [0.717, 1.165) is 24.2 Å². The van der Waals surface area contributed by atoms with Crippen molar-refractivity contribution in [1.82, 2.24) is 9.55 Å². The van der Waals surface area contributed by atoms with E-state index in [2.05, 4.69) is 40.6 Å². The molecule has 3 nitrogen and oxygen atoms in total. The van der Waals surface area contributed by atoms with E-state index in [1.165, 1.54) is 47.6 Å². The van der Waals surface area contributed by atoms with Crippen LogP contribution in [0, 0.1) is 12.7 Å². The quantitative estimate of drug-likeness (QED) is 0.685. The minimum atomic E-state index is -0.206. The van der Waals surface area contributed by atoms with E-state index < -0.39 is 0 Å². The molecule has 1 aromatic carbocycles. The first kappa shape index (κ1) is 15.9. The van der Waals surface area contributed by atoms with Crippen molar-refractivity contribution in [2.75, 3.05) is 18.0 Å². The largest absolute Gasteiger partial charge is 0.357 e. The fraction of sp³-hybridized carbons (Fsp3) is 0.286.